The molecule has 0 aliphatic carbocycles. The van der Waals surface area contributed by atoms with Crippen LogP contribution in [0, 0.1) is 0 Å². The maximum atomic E-state index is 6.09. The molecule has 0 fully saturated rings. The predicted octanol–water partition coefficient (Wildman–Crippen LogP) is 4.65. The summed E-state index contributed by atoms with van der Waals surface area (Å²) in [6, 6.07) is 18.5. The normalized spacial score (nSPS) is 12.3. The van der Waals surface area contributed by atoms with Crippen molar-refractivity contribution in [3.05, 3.63) is 70.7 Å². The lowest BCUT2D eigenvalue weighted by atomic mass is 9.98. The molecule has 0 bridgehead atoms. The van der Waals surface area contributed by atoms with E-state index in [4.69, 9.17) is 23.2 Å². The Morgan fingerprint density at radius 1 is 0.947 bits per heavy atom. The molecule has 2 aromatic carbocycles. The summed E-state index contributed by atoms with van der Waals surface area (Å²) < 4.78 is 0. The lowest BCUT2D eigenvalue weighted by molar-refractivity contribution is 0.600. The molecule has 1 nitrogen and oxygen atoms in total. The maximum absolute atomic E-state index is 6.09. The van der Waals surface area contributed by atoms with E-state index in [-0.39, 0.29) is 6.04 Å². The average Bonchev–Trinajstić information content (AvgIpc) is 2.45. The van der Waals surface area contributed by atoms with Crippen molar-refractivity contribution >= 4 is 23.2 Å². The van der Waals surface area contributed by atoms with Crippen molar-refractivity contribution in [1.82, 2.24) is 5.32 Å². The Morgan fingerprint density at radius 3 is 2.37 bits per heavy atom. The van der Waals surface area contributed by atoms with Crippen LogP contribution in [0.3, 0.4) is 0 Å². The van der Waals surface area contributed by atoms with E-state index < -0.39 is 0 Å². The topological polar surface area (TPSA) is 12.0 Å². The van der Waals surface area contributed by atoms with Gasteiger partial charge in [-0.2, -0.15) is 0 Å². The van der Waals surface area contributed by atoms with E-state index in [9.17, 15) is 0 Å². The Kier molecular flexibility index (Phi) is 5.71. The number of benzene rings is 2. The molecule has 3 heteroatoms. The van der Waals surface area contributed by atoms with Crippen molar-refractivity contribution in [2.24, 2.45) is 0 Å². The van der Waals surface area contributed by atoms with Crippen molar-refractivity contribution in [1.29, 1.82) is 0 Å². The Morgan fingerprint density at radius 2 is 1.68 bits per heavy atom. The summed E-state index contributed by atoms with van der Waals surface area (Å²) in [6.45, 7) is 0.884. The molecule has 0 saturated heterocycles. The summed E-state index contributed by atoms with van der Waals surface area (Å²) in [5.41, 5.74) is 2.41. The SMILES string of the molecule is ClCCCNC(c1ccccc1)c1cccc(Cl)c1. The standard InChI is InChI=1S/C16H17Cl2N/c17-10-5-11-19-16(13-6-2-1-3-7-13)14-8-4-9-15(18)12-14/h1-4,6-9,12,16,19H,5,10-11H2. The fourth-order valence-electron chi connectivity index (χ4n) is 2.07. The minimum Gasteiger partial charge on any atom is -0.306 e. The molecule has 0 amide bonds. The molecule has 19 heavy (non-hydrogen) atoms. The number of rotatable bonds is 6. The van der Waals surface area contributed by atoms with Crippen LogP contribution in [-0.4, -0.2) is 12.4 Å². The first kappa shape index (κ1) is 14.4. The Bertz CT molecular complexity index is 499. The third-order valence-corrected chi connectivity index (χ3v) is 3.48. The molecule has 2 rings (SSSR count). The Balaban J connectivity index is 2.24. The summed E-state index contributed by atoms with van der Waals surface area (Å²) in [5, 5.41) is 4.30. The molecular formula is C16H17Cl2N. The lowest BCUT2D eigenvalue weighted by Crippen LogP contribution is -2.23. The summed E-state index contributed by atoms with van der Waals surface area (Å²) in [7, 11) is 0. The molecule has 1 atom stereocenters. The highest BCUT2D eigenvalue weighted by molar-refractivity contribution is 6.30. The smallest absolute Gasteiger partial charge is 0.0577 e. The first-order valence-corrected chi connectivity index (χ1v) is 7.32. The van der Waals surface area contributed by atoms with Crippen molar-refractivity contribution in [2.45, 2.75) is 12.5 Å². The van der Waals surface area contributed by atoms with Crippen LogP contribution in [-0.2, 0) is 0 Å². The second-order valence-electron chi connectivity index (χ2n) is 4.40. The highest BCUT2D eigenvalue weighted by atomic mass is 35.5. The van der Waals surface area contributed by atoms with Gasteiger partial charge in [0, 0.05) is 10.9 Å². The maximum Gasteiger partial charge on any atom is 0.0577 e. The van der Waals surface area contributed by atoms with Crippen LogP contribution in [0.4, 0.5) is 0 Å². The molecule has 0 spiro atoms. The first-order valence-electron chi connectivity index (χ1n) is 6.41. The molecular weight excluding hydrogens is 277 g/mol. The van der Waals surface area contributed by atoms with Gasteiger partial charge >= 0.3 is 0 Å². The summed E-state index contributed by atoms with van der Waals surface area (Å²) in [5.74, 6) is 0.671. The zero-order valence-electron chi connectivity index (χ0n) is 10.7. The van der Waals surface area contributed by atoms with Gasteiger partial charge in [-0.25, -0.2) is 0 Å². The third kappa shape index (κ3) is 4.24. The second kappa shape index (κ2) is 7.54. The molecule has 0 aromatic heterocycles. The molecule has 0 aliphatic heterocycles. The van der Waals surface area contributed by atoms with Crippen LogP contribution in [0.25, 0.3) is 0 Å². The van der Waals surface area contributed by atoms with E-state index in [1.54, 1.807) is 0 Å². The lowest BCUT2D eigenvalue weighted by Gasteiger charge is -2.20. The van der Waals surface area contributed by atoms with Crippen molar-refractivity contribution in [3.8, 4) is 0 Å². The molecule has 0 saturated carbocycles. The summed E-state index contributed by atoms with van der Waals surface area (Å²) >= 11 is 11.8. The fraction of sp³-hybridized carbons (Fsp3) is 0.250. The minimum absolute atomic E-state index is 0.156. The number of nitrogens with one attached hydrogen (secondary N) is 1. The highest BCUT2D eigenvalue weighted by Gasteiger charge is 2.13. The molecule has 2 aromatic rings. The van der Waals surface area contributed by atoms with Gasteiger partial charge in [0.25, 0.3) is 0 Å². The minimum atomic E-state index is 0.156. The largest absolute Gasteiger partial charge is 0.306 e. The Hall–Kier alpha value is -1.02. The van der Waals surface area contributed by atoms with Gasteiger partial charge in [0.2, 0.25) is 0 Å². The van der Waals surface area contributed by atoms with E-state index in [1.165, 1.54) is 11.1 Å². The summed E-state index contributed by atoms with van der Waals surface area (Å²) in [4.78, 5) is 0. The quantitative estimate of drug-likeness (QED) is 0.604. The van der Waals surface area contributed by atoms with Crippen LogP contribution >= 0.6 is 23.2 Å². The third-order valence-electron chi connectivity index (χ3n) is 2.97. The Labute approximate surface area is 124 Å². The van der Waals surface area contributed by atoms with Crippen LogP contribution < -0.4 is 5.32 Å². The number of halogens is 2. The van der Waals surface area contributed by atoms with Gasteiger partial charge in [0.15, 0.2) is 0 Å². The average molecular weight is 294 g/mol. The first-order chi connectivity index (χ1) is 9.31. The molecule has 0 heterocycles. The van der Waals surface area contributed by atoms with Crippen LogP contribution in [0.2, 0.25) is 5.02 Å². The molecule has 100 valence electrons. The van der Waals surface area contributed by atoms with Gasteiger partial charge in [0.05, 0.1) is 6.04 Å². The zero-order chi connectivity index (χ0) is 13.5. The van der Waals surface area contributed by atoms with Crippen LogP contribution in [0.1, 0.15) is 23.6 Å². The molecule has 1 N–H and O–H groups in total. The van der Waals surface area contributed by atoms with Gasteiger partial charge in [-0.05, 0) is 36.2 Å². The second-order valence-corrected chi connectivity index (χ2v) is 5.21. The van der Waals surface area contributed by atoms with Gasteiger partial charge in [-0.1, -0.05) is 54.1 Å². The van der Waals surface area contributed by atoms with Crippen molar-refractivity contribution in [3.63, 3.8) is 0 Å². The van der Waals surface area contributed by atoms with E-state index in [0.717, 1.165) is 18.0 Å². The van der Waals surface area contributed by atoms with E-state index in [2.05, 4.69) is 35.6 Å². The predicted molar refractivity (Wildman–Crippen MR) is 83.1 cm³/mol. The zero-order valence-corrected chi connectivity index (χ0v) is 12.2. The fourth-order valence-corrected chi connectivity index (χ4v) is 2.41. The molecule has 0 radical (unpaired) electrons. The molecule has 0 aliphatic rings. The number of alkyl halides is 1. The molecule has 1 unspecified atom stereocenters. The van der Waals surface area contributed by atoms with Gasteiger partial charge < -0.3 is 5.32 Å². The van der Waals surface area contributed by atoms with Gasteiger partial charge in [-0.3, -0.25) is 0 Å². The van der Waals surface area contributed by atoms with E-state index >= 15 is 0 Å². The van der Waals surface area contributed by atoms with Gasteiger partial charge in [-0.15, -0.1) is 11.6 Å². The van der Waals surface area contributed by atoms with E-state index in [0.29, 0.717) is 5.88 Å². The summed E-state index contributed by atoms with van der Waals surface area (Å²) in [6.07, 6.45) is 0.950. The van der Waals surface area contributed by atoms with E-state index in [1.807, 2.05) is 24.3 Å². The van der Waals surface area contributed by atoms with Crippen molar-refractivity contribution < 1.29 is 0 Å². The monoisotopic (exact) mass is 293 g/mol. The highest BCUT2D eigenvalue weighted by Crippen LogP contribution is 2.24. The number of hydrogen-bond donors (Lipinski definition) is 1. The number of hydrogen-bond acceptors (Lipinski definition) is 1. The van der Waals surface area contributed by atoms with Crippen LogP contribution in [0.5, 0.6) is 0 Å². The van der Waals surface area contributed by atoms with Crippen molar-refractivity contribution in [2.75, 3.05) is 12.4 Å². The van der Waals surface area contributed by atoms with Crippen LogP contribution in [0.15, 0.2) is 54.6 Å². The van der Waals surface area contributed by atoms with Gasteiger partial charge in [0.1, 0.15) is 0 Å².